The van der Waals surface area contributed by atoms with Gasteiger partial charge in [-0.15, -0.1) is 0 Å². The van der Waals surface area contributed by atoms with Crippen molar-refractivity contribution in [3.63, 3.8) is 0 Å². The van der Waals surface area contributed by atoms with Gasteiger partial charge in [0.25, 0.3) is 0 Å². The van der Waals surface area contributed by atoms with E-state index in [1.807, 2.05) is 0 Å². The Labute approximate surface area is 477 Å². The molecule has 0 amide bonds. The van der Waals surface area contributed by atoms with E-state index in [0.29, 0.717) is 19.3 Å². The smallest absolute Gasteiger partial charge is 0.306 e. The van der Waals surface area contributed by atoms with Gasteiger partial charge in [0, 0.05) is 19.3 Å². The molecule has 0 rings (SSSR count). The van der Waals surface area contributed by atoms with Crippen molar-refractivity contribution >= 4 is 17.9 Å². The lowest BCUT2D eigenvalue weighted by molar-refractivity contribution is -0.167. The van der Waals surface area contributed by atoms with Crippen molar-refractivity contribution in [1.29, 1.82) is 0 Å². The molecular weight excluding hydrogens is 949 g/mol. The molecule has 0 heterocycles. The fourth-order valence-corrected chi connectivity index (χ4v) is 9.44. The number of carbonyl (C=O) groups is 3. The summed E-state index contributed by atoms with van der Waals surface area (Å²) in [6.07, 6.45) is 85.8. The highest BCUT2D eigenvalue weighted by molar-refractivity contribution is 5.71. The lowest BCUT2D eigenvalue weighted by atomic mass is 10.0. The second-order valence-corrected chi connectivity index (χ2v) is 22.0. The highest BCUT2D eigenvalue weighted by Gasteiger charge is 2.19. The van der Waals surface area contributed by atoms with E-state index in [4.69, 9.17) is 14.2 Å². The number of unbranched alkanes of at least 4 members (excludes halogenated alkanes) is 35. The lowest BCUT2D eigenvalue weighted by Crippen LogP contribution is -2.30. The number of hydrogen-bond donors (Lipinski definition) is 0. The van der Waals surface area contributed by atoms with E-state index >= 15 is 0 Å². The molecule has 0 spiro atoms. The largest absolute Gasteiger partial charge is 0.462 e. The van der Waals surface area contributed by atoms with E-state index in [1.54, 1.807) is 0 Å². The summed E-state index contributed by atoms with van der Waals surface area (Å²) >= 11 is 0. The van der Waals surface area contributed by atoms with Crippen LogP contribution in [0.3, 0.4) is 0 Å². The quantitative estimate of drug-likeness (QED) is 0.0261. The van der Waals surface area contributed by atoms with Gasteiger partial charge in [0.1, 0.15) is 13.2 Å². The summed E-state index contributed by atoms with van der Waals surface area (Å²) in [7, 11) is 0. The summed E-state index contributed by atoms with van der Waals surface area (Å²) in [5.41, 5.74) is 0. The first-order valence-corrected chi connectivity index (χ1v) is 33.1. The first-order chi connectivity index (χ1) is 38.0. The maximum Gasteiger partial charge on any atom is 0.306 e. The van der Waals surface area contributed by atoms with E-state index in [1.165, 1.54) is 173 Å². The molecule has 6 heteroatoms. The van der Waals surface area contributed by atoms with Gasteiger partial charge in [-0.25, -0.2) is 0 Å². The Balaban J connectivity index is 4.41. The molecule has 0 bridgehead atoms. The van der Waals surface area contributed by atoms with Gasteiger partial charge in [-0.2, -0.15) is 0 Å². The van der Waals surface area contributed by atoms with Crippen molar-refractivity contribution in [2.24, 2.45) is 0 Å². The van der Waals surface area contributed by atoms with Gasteiger partial charge in [-0.3, -0.25) is 14.4 Å². The van der Waals surface area contributed by atoms with Crippen LogP contribution in [-0.4, -0.2) is 37.2 Å². The summed E-state index contributed by atoms with van der Waals surface area (Å²) in [6.45, 7) is 6.54. The molecule has 0 aromatic rings. The van der Waals surface area contributed by atoms with Crippen LogP contribution in [0, 0.1) is 0 Å². The zero-order chi connectivity index (χ0) is 55.7. The molecule has 0 aromatic carbocycles. The monoisotopic (exact) mass is 1070 g/mol. The average Bonchev–Trinajstić information content (AvgIpc) is 3.43. The predicted molar refractivity (Wildman–Crippen MR) is 334 cm³/mol. The number of carbonyl (C=O) groups excluding carboxylic acids is 3. The van der Waals surface area contributed by atoms with Crippen LogP contribution in [0.5, 0.6) is 0 Å². The van der Waals surface area contributed by atoms with Crippen molar-refractivity contribution in [3.8, 4) is 0 Å². The van der Waals surface area contributed by atoms with Crippen LogP contribution in [0.25, 0.3) is 0 Å². The first-order valence-electron chi connectivity index (χ1n) is 33.1. The van der Waals surface area contributed by atoms with Crippen LogP contribution in [-0.2, 0) is 28.6 Å². The van der Waals surface area contributed by atoms with E-state index in [9.17, 15) is 14.4 Å². The Morgan fingerprint density at radius 3 is 0.792 bits per heavy atom. The molecular formula is C71H124O6. The molecule has 0 N–H and O–H groups in total. The van der Waals surface area contributed by atoms with Gasteiger partial charge in [0.15, 0.2) is 6.10 Å². The summed E-state index contributed by atoms with van der Waals surface area (Å²) in [5, 5.41) is 0. The van der Waals surface area contributed by atoms with E-state index in [0.717, 1.165) is 116 Å². The third-order valence-corrected chi connectivity index (χ3v) is 14.4. The van der Waals surface area contributed by atoms with Gasteiger partial charge in [-0.05, 0) is 96.3 Å². The van der Waals surface area contributed by atoms with Crippen LogP contribution < -0.4 is 0 Å². The molecule has 0 aliphatic rings. The van der Waals surface area contributed by atoms with Crippen LogP contribution in [0.4, 0.5) is 0 Å². The average molecular weight is 1070 g/mol. The van der Waals surface area contributed by atoms with E-state index in [-0.39, 0.29) is 31.1 Å². The Morgan fingerprint density at radius 1 is 0.273 bits per heavy atom. The molecule has 77 heavy (non-hydrogen) atoms. The van der Waals surface area contributed by atoms with Crippen molar-refractivity contribution in [2.75, 3.05) is 13.2 Å². The first kappa shape index (κ1) is 73.6. The maximum atomic E-state index is 12.9. The Kier molecular flexibility index (Phi) is 62.2. The topological polar surface area (TPSA) is 78.9 Å². The minimum atomic E-state index is -0.788. The Morgan fingerprint density at radius 2 is 0.506 bits per heavy atom. The molecule has 444 valence electrons. The zero-order valence-corrected chi connectivity index (χ0v) is 51.0. The molecule has 1 unspecified atom stereocenters. The molecule has 6 nitrogen and oxygen atoms in total. The number of rotatable bonds is 60. The molecule has 0 saturated heterocycles. The van der Waals surface area contributed by atoms with Gasteiger partial charge in [-0.1, -0.05) is 298 Å². The van der Waals surface area contributed by atoms with Crippen LogP contribution in [0.15, 0.2) is 85.1 Å². The number of esters is 3. The Hall–Kier alpha value is -3.41. The van der Waals surface area contributed by atoms with Gasteiger partial charge in [0.2, 0.25) is 0 Å². The third-order valence-electron chi connectivity index (χ3n) is 14.4. The highest BCUT2D eigenvalue weighted by Crippen LogP contribution is 2.17. The van der Waals surface area contributed by atoms with E-state index < -0.39 is 6.10 Å². The van der Waals surface area contributed by atoms with Crippen LogP contribution in [0.2, 0.25) is 0 Å². The van der Waals surface area contributed by atoms with Gasteiger partial charge >= 0.3 is 17.9 Å². The van der Waals surface area contributed by atoms with E-state index in [2.05, 4.69) is 106 Å². The van der Waals surface area contributed by atoms with Crippen molar-refractivity contribution in [3.05, 3.63) is 85.1 Å². The fraction of sp³-hybridized carbons (Fsp3) is 0.761. The standard InChI is InChI=1S/C71H124O6/c1-4-7-10-13-16-19-22-25-28-31-33-35-37-40-43-46-49-52-55-58-61-64-70(73)76-67-68(66-75-69(72)63-60-57-54-51-48-45-42-39-30-27-24-21-18-15-12-9-6-3)77-71(74)65-62-59-56-53-50-47-44-41-38-36-34-32-29-26-23-20-17-14-11-8-5-2/h7,10,16,19,23,25-26,28,32-35,40,43,68H,4-6,8-9,11-15,17-18,20-22,24,27,29-31,36-39,41-42,44-67H2,1-3H3/b10-7-,19-16-,26-23-,28-25-,34-32-,35-33-,43-40-. The van der Waals surface area contributed by atoms with Crippen molar-refractivity contribution in [1.82, 2.24) is 0 Å². The summed E-state index contributed by atoms with van der Waals surface area (Å²) in [5.74, 6) is -0.889. The molecule has 0 aliphatic heterocycles. The fourth-order valence-electron chi connectivity index (χ4n) is 9.44. The summed E-state index contributed by atoms with van der Waals surface area (Å²) in [4.78, 5) is 38.4. The third kappa shape index (κ3) is 63.3. The molecule has 0 aliphatic carbocycles. The van der Waals surface area contributed by atoms with Crippen LogP contribution >= 0.6 is 0 Å². The summed E-state index contributed by atoms with van der Waals surface area (Å²) in [6, 6.07) is 0. The molecule has 0 radical (unpaired) electrons. The highest BCUT2D eigenvalue weighted by atomic mass is 16.6. The molecule has 0 aromatic heterocycles. The number of ether oxygens (including phenoxy) is 3. The van der Waals surface area contributed by atoms with Gasteiger partial charge < -0.3 is 14.2 Å². The second kappa shape index (κ2) is 65.1. The zero-order valence-electron chi connectivity index (χ0n) is 51.0. The minimum Gasteiger partial charge on any atom is -0.462 e. The molecule has 0 fully saturated rings. The SMILES string of the molecule is CC/C=C\C/C=C\C/C=C\C/C=C\C/C=C\CCCCCCCC(=O)OCC(COC(=O)CCCCCCCCCCCCCCCCCCC)OC(=O)CCCCCCCCCCC/C=C\C/C=C\CCCCCCC. The summed E-state index contributed by atoms with van der Waals surface area (Å²) < 4.78 is 17.0. The normalized spacial score (nSPS) is 12.6. The Bertz CT molecular complexity index is 1470. The predicted octanol–water partition coefficient (Wildman–Crippen LogP) is 22.7. The maximum absolute atomic E-state index is 12.9. The number of allylic oxidation sites excluding steroid dienone is 14. The van der Waals surface area contributed by atoms with Crippen molar-refractivity contribution < 1.29 is 28.6 Å². The molecule has 0 saturated carbocycles. The number of hydrogen-bond acceptors (Lipinski definition) is 6. The lowest BCUT2D eigenvalue weighted by Gasteiger charge is -2.18. The second-order valence-electron chi connectivity index (χ2n) is 22.0. The van der Waals surface area contributed by atoms with Gasteiger partial charge in [0.05, 0.1) is 0 Å². The van der Waals surface area contributed by atoms with Crippen molar-refractivity contribution in [2.45, 2.75) is 335 Å². The van der Waals surface area contributed by atoms with Crippen LogP contribution in [0.1, 0.15) is 329 Å². The minimum absolute atomic E-state index is 0.0817. The molecule has 1 atom stereocenters.